The van der Waals surface area contributed by atoms with Gasteiger partial charge in [-0.3, -0.25) is 9.59 Å². The van der Waals surface area contributed by atoms with Gasteiger partial charge in [0.15, 0.2) is 0 Å². The number of hydrogen-bond donors (Lipinski definition) is 3. The Kier molecular flexibility index (Phi) is 8.59. The van der Waals surface area contributed by atoms with Crippen LogP contribution < -0.4 is 10.6 Å². The number of halogens is 1. The Labute approximate surface area is 197 Å². The Morgan fingerprint density at radius 3 is 2.53 bits per heavy atom. The van der Waals surface area contributed by atoms with E-state index in [1.165, 1.54) is 36.4 Å². The molecule has 0 heterocycles. The normalized spacial score (nSPS) is 15.1. The molecule has 3 N–H and O–H groups in total. The number of thioether (sulfide) groups is 1. The summed E-state index contributed by atoms with van der Waals surface area (Å²) >= 11 is 7.52. The highest BCUT2D eigenvalue weighted by Gasteiger charge is 2.22. The van der Waals surface area contributed by atoms with Gasteiger partial charge in [-0.25, -0.2) is 4.79 Å². The zero-order valence-corrected chi connectivity index (χ0v) is 19.5. The van der Waals surface area contributed by atoms with Gasteiger partial charge in [-0.05, 0) is 55.7 Å². The summed E-state index contributed by atoms with van der Waals surface area (Å²) in [6.07, 6.45) is 5.82. The molecule has 1 unspecified atom stereocenters. The van der Waals surface area contributed by atoms with E-state index in [0.717, 1.165) is 36.3 Å². The third-order valence-corrected chi connectivity index (χ3v) is 7.18. The molecular weight excluding hydrogens is 448 g/mol. The van der Waals surface area contributed by atoms with E-state index in [0.29, 0.717) is 6.42 Å². The van der Waals surface area contributed by atoms with Crippen molar-refractivity contribution in [2.75, 3.05) is 10.6 Å². The van der Waals surface area contributed by atoms with E-state index in [1.807, 2.05) is 31.2 Å². The summed E-state index contributed by atoms with van der Waals surface area (Å²) in [5.41, 5.74) is 1.04. The molecule has 2 amide bonds. The van der Waals surface area contributed by atoms with E-state index in [-0.39, 0.29) is 34.0 Å². The average Bonchev–Trinajstić information content (AvgIpc) is 2.79. The predicted molar refractivity (Wildman–Crippen MR) is 129 cm³/mol. The van der Waals surface area contributed by atoms with Crippen LogP contribution in [-0.2, 0) is 9.59 Å². The molecule has 3 rings (SSSR count). The van der Waals surface area contributed by atoms with Crippen LogP contribution in [0.4, 0.5) is 11.4 Å². The Bertz CT molecular complexity index is 992. The fraction of sp³-hybridized carbons (Fsp3) is 0.375. The van der Waals surface area contributed by atoms with Crippen molar-refractivity contribution in [3.05, 3.63) is 53.1 Å². The van der Waals surface area contributed by atoms with Crippen LogP contribution in [0, 0.1) is 5.92 Å². The van der Waals surface area contributed by atoms with Crippen LogP contribution in [0.3, 0.4) is 0 Å². The third kappa shape index (κ3) is 6.50. The molecule has 0 bridgehead atoms. The van der Waals surface area contributed by atoms with Gasteiger partial charge in [0.25, 0.3) is 0 Å². The van der Waals surface area contributed by atoms with Gasteiger partial charge in [0, 0.05) is 16.5 Å². The molecule has 0 radical (unpaired) electrons. The minimum Gasteiger partial charge on any atom is -0.478 e. The van der Waals surface area contributed by atoms with E-state index in [2.05, 4.69) is 10.6 Å². The van der Waals surface area contributed by atoms with Crippen LogP contribution in [0.25, 0.3) is 0 Å². The Morgan fingerprint density at radius 2 is 1.84 bits per heavy atom. The lowest BCUT2D eigenvalue weighted by atomic mass is 9.88. The summed E-state index contributed by atoms with van der Waals surface area (Å²) in [6, 6.07) is 11.7. The molecule has 1 aliphatic carbocycles. The first-order valence-electron chi connectivity index (χ1n) is 10.8. The third-order valence-electron chi connectivity index (χ3n) is 5.49. The Morgan fingerprint density at radius 1 is 1.09 bits per heavy atom. The van der Waals surface area contributed by atoms with Crippen LogP contribution in [0.2, 0.25) is 5.02 Å². The van der Waals surface area contributed by atoms with Crippen molar-refractivity contribution < 1.29 is 19.5 Å². The molecule has 32 heavy (non-hydrogen) atoms. The number of anilines is 2. The summed E-state index contributed by atoms with van der Waals surface area (Å²) < 4.78 is 0. The molecule has 0 spiro atoms. The summed E-state index contributed by atoms with van der Waals surface area (Å²) in [4.78, 5) is 37.4. The zero-order valence-electron chi connectivity index (χ0n) is 17.9. The van der Waals surface area contributed by atoms with Crippen LogP contribution in [-0.4, -0.2) is 28.1 Å². The molecule has 0 aliphatic heterocycles. The van der Waals surface area contributed by atoms with Gasteiger partial charge in [-0.1, -0.05) is 43.9 Å². The molecule has 170 valence electrons. The molecule has 2 aromatic rings. The van der Waals surface area contributed by atoms with Gasteiger partial charge in [0.1, 0.15) is 0 Å². The Balaban J connectivity index is 1.65. The predicted octanol–water partition coefficient (Wildman–Crippen LogP) is 6.07. The zero-order chi connectivity index (χ0) is 23.1. The fourth-order valence-corrected chi connectivity index (χ4v) is 4.89. The average molecular weight is 475 g/mol. The van der Waals surface area contributed by atoms with Crippen molar-refractivity contribution in [3.8, 4) is 0 Å². The van der Waals surface area contributed by atoms with Crippen molar-refractivity contribution in [2.24, 2.45) is 5.92 Å². The number of aromatic carboxylic acids is 1. The summed E-state index contributed by atoms with van der Waals surface area (Å²) in [5.74, 6) is -1.23. The lowest BCUT2D eigenvalue weighted by Gasteiger charge is -2.21. The largest absolute Gasteiger partial charge is 0.478 e. The number of carboxylic acid groups (broad SMARTS) is 1. The molecule has 1 atom stereocenters. The van der Waals surface area contributed by atoms with Crippen molar-refractivity contribution in [1.29, 1.82) is 0 Å². The van der Waals surface area contributed by atoms with Crippen molar-refractivity contribution in [3.63, 3.8) is 0 Å². The molecular formula is C24H27ClN2O4S. The second-order valence-corrected chi connectivity index (χ2v) is 9.54. The highest BCUT2D eigenvalue weighted by Crippen LogP contribution is 2.31. The molecule has 2 aromatic carbocycles. The Hall–Kier alpha value is -2.51. The molecule has 1 saturated carbocycles. The summed E-state index contributed by atoms with van der Waals surface area (Å²) in [7, 11) is 0. The molecule has 8 heteroatoms. The molecule has 1 fully saturated rings. The van der Waals surface area contributed by atoms with E-state index < -0.39 is 11.2 Å². The van der Waals surface area contributed by atoms with Crippen LogP contribution >= 0.6 is 23.4 Å². The topological polar surface area (TPSA) is 95.5 Å². The number of hydrogen-bond acceptors (Lipinski definition) is 4. The number of nitrogens with one attached hydrogen (secondary N) is 2. The van der Waals surface area contributed by atoms with Crippen LogP contribution in [0.5, 0.6) is 0 Å². The first-order chi connectivity index (χ1) is 15.4. The number of carbonyl (C=O) groups is 3. The molecule has 6 nitrogen and oxygen atoms in total. The number of rotatable bonds is 8. The first-order valence-corrected chi connectivity index (χ1v) is 12.0. The number of carbonyl (C=O) groups excluding carboxylic acids is 2. The number of benzene rings is 2. The van der Waals surface area contributed by atoms with Gasteiger partial charge in [-0.2, -0.15) is 0 Å². The lowest BCUT2D eigenvalue weighted by Crippen LogP contribution is -2.25. The quantitative estimate of drug-likeness (QED) is 0.404. The first kappa shape index (κ1) is 24.1. The maximum absolute atomic E-state index is 12.8. The lowest BCUT2D eigenvalue weighted by molar-refractivity contribution is -0.120. The van der Waals surface area contributed by atoms with Crippen molar-refractivity contribution in [1.82, 2.24) is 0 Å². The van der Waals surface area contributed by atoms with E-state index in [9.17, 15) is 14.4 Å². The van der Waals surface area contributed by atoms with Crippen LogP contribution in [0.15, 0.2) is 47.4 Å². The second-order valence-electron chi connectivity index (χ2n) is 7.86. The van der Waals surface area contributed by atoms with Gasteiger partial charge in [0.05, 0.1) is 21.5 Å². The highest BCUT2D eigenvalue weighted by atomic mass is 35.5. The van der Waals surface area contributed by atoms with E-state index in [1.54, 1.807) is 0 Å². The maximum atomic E-state index is 12.8. The van der Waals surface area contributed by atoms with Crippen molar-refractivity contribution >= 4 is 52.5 Å². The fourth-order valence-electron chi connectivity index (χ4n) is 3.71. The number of carboxylic acids is 1. The monoisotopic (exact) mass is 474 g/mol. The second kappa shape index (κ2) is 11.4. The van der Waals surface area contributed by atoms with Crippen LogP contribution in [0.1, 0.15) is 55.8 Å². The standard InChI is InChI=1S/C24H27ClN2O4S/c1-2-21(23(29)27-20-13-16(24(30)31)11-12-19(20)25)32-18-10-6-9-17(14-18)26-22(28)15-7-4-3-5-8-15/h6,9-15,21H,2-5,7-8H2,1H3,(H,26,28)(H,27,29)(H,30,31). The molecule has 0 aromatic heterocycles. The van der Waals surface area contributed by atoms with Gasteiger partial charge in [-0.15, -0.1) is 11.8 Å². The molecule has 1 aliphatic rings. The van der Waals surface area contributed by atoms with Gasteiger partial charge < -0.3 is 15.7 Å². The minimum atomic E-state index is -1.09. The van der Waals surface area contributed by atoms with Gasteiger partial charge in [0.2, 0.25) is 11.8 Å². The smallest absolute Gasteiger partial charge is 0.335 e. The molecule has 0 saturated heterocycles. The van der Waals surface area contributed by atoms with E-state index in [4.69, 9.17) is 16.7 Å². The summed E-state index contributed by atoms with van der Waals surface area (Å²) in [6.45, 7) is 1.90. The van der Waals surface area contributed by atoms with Gasteiger partial charge >= 0.3 is 5.97 Å². The maximum Gasteiger partial charge on any atom is 0.335 e. The van der Waals surface area contributed by atoms with Crippen molar-refractivity contribution in [2.45, 2.75) is 55.6 Å². The van der Waals surface area contributed by atoms with E-state index >= 15 is 0 Å². The summed E-state index contributed by atoms with van der Waals surface area (Å²) in [5, 5.41) is 14.8. The SMILES string of the molecule is CCC(Sc1cccc(NC(=O)C2CCCCC2)c1)C(=O)Nc1cc(C(=O)O)ccc1Cl. The highest BCUT2D eigenvalue weighted by molar-refractivity contribution is 8.00. The number of amides is 2. The minimum absolute atomic E-state index is 0.0480.